The molecule has 2 aromatic carbocycles. The van der Waals surface area contributed by atoms with E-state index in [1.165, 1.54) is 46.2 Å². The molecule has 11 N–H and O–H groups in total. The minimum absolute atomic E-state index is 0.197. The smallest absolute Gasteiger partial charge is 0.339 e. The highest BCUT2D eigenvalue weighted by Gasteiger charge is 2.37. The summed E-state index contributed by atoms with van der Waals surface area (Å²) in [6, 6.07) is 6.49. The van der Waals surface area contributed by atoms with Crippen LogP contribution < -0.4 is 5.73 Å². The Morgan fingerprint density at radius 1 is 0.707 bits per heavy atom. The number of nitrogens with two attached hydrogens (primary N) is 1. The molecule has 232 valence electrons. The number of unbranched alkanes of at least 4 members (excludes halogenated alkanes) is 1. The number of hydrogen-bond acceptors (Lipinski definition) is 10. The quantitative estimate of drug-likeness (QED) is 0.0805. The molecular formula is C25H41N3O11P2. The first-order chi connectivity index (χ1) is 19.2. The van der Waals surface area contributed by atoms with Gasteiger partial charge < -0.3 is 50.8 Å². The molecular weight excluding hydrogens is 580 g/mol. The predicted molar refractivity (Wildman–Crippen MR) is 151 cm³/mol. The van der Waals surface area contributed by atoms with Crippen LogP contribution >= 0.6 is 15.2 Å². The van der Waals surface area contributed by atoms with Crippen LogP contribution in [0.1, 0.15) is 41.5 Å². The zero-order valence-electron chi connectivity index (χ0n) is 22.6. The molecule has 2 unspecified atom stereocenters. The van der Waals surface area contributed by atoms with Crippen molar-refractivity contribution < 1.29 is 54.2 Å². The van der Waals surface area contributed by atoms with Crippen molar-refractivity contribution in [2.45, 2.75) is 57.6 Å². The van der Waals surface area contributed by atoms with Crippen molar-refractivity contribution in [2.75, 3.05) is 25.7 Å². The number of phenols is 2. The number of phenolic OH excluding ortho intramolecular Hbond substituents is 2. The highest BCUT2D eigenvalue weighted by Crippen LogP contribution is 2.41. The van der Waals surface area contributed by atoms with E-state index < -0.39 is 46.5 Å². The summed E-state index contributed by atoms with van der Waals surface area (Å²) in [4.78, 5) is 42.3. The van der Waals surface area contributed by atoms with Crippen LogP contribution in [0.4, 0.5) is 0 Å². The second-order valence-electron chi connectivity index (χ2n) is 9.95. The third-order valence-electron chi connectivity index (χ3n) is 6.65. The van der Waals surface area contributed by atoms with E-state index in [1.807, 2.05) is 0 Å². The summed E-state index contributed by atoms with van der Waals surface area (Å²) < 4.78 is 24.5. The molecule has 41 heavy (non-hydrogen) atoms. The summed E-state index contributed by atoms with van der Waals surface area (Å²) >= 11 is 0. The molecule has 0 aliphatic rings. The van der Waals surface area contributed by atoms with Crippen molar-refractivity contribution in [1.82, 2.24) is 9.80 Å². The first kappa shape index (κ1) is 35.3. The van der Waals surface area contributed by atoms with Crippen LogP contribution in [0.5, 0.6) is 11.5 Å². The lowest BCUT2D eigenvalue weighted by Gasteiger charge is -2.42. The van der Waals surface area contributed by atoms with Crippen molar-refractivity contribution >= 4 is 15.2 Å². The zero-order valence-corrected chi connectivity index (χ0v) is 24.4. The van der Waals surface area contributed by atoms with E-state index in [2.05, 4.69) is 0 Å². The van der Waals surface area contributed by atoms with Crippen LogP contribution in [-0.2, 0) is 35.4 Å². The molecule has 0 aromatic heterocycles. The second-order valence-corrected chi connectivity index (χ2v) is 13.2. The summed E-state index contributed by atoms with van der Waals surface area (Å²) in [5.74, 6) is -0.413. The molecule has 0 aliphatic carbocycles. The third-order valence-corrected chi connectivity index (χ3v) is 8.12. The molecule has 0 spiro atoms. The maximum Gasteiger partial charge on any atom is 0.339 e. The van der Waals surface area contributed by atoms with Gasteiger partial charge in [0.15, 0.2) is 0 Å². The van der Waals surface area contributed by atoms with E-state index in [1.54, 1.807) is 0 Å². The van der Waals surface area contributed by atoms with Crippen LogP contribution in [0.25, 0.3) is 0 Å². The van der Waals surface area contributed by atoms with Gasteiger partial charge in [0.25, 0.3) is 0 Å². The van der Waals surface area contributed by atoms with Gasteiger partial charge in [0.05, 0.1) is 19.8 Å². The van der Waals surface area contributed by atoms with Crippen LogP contribution in [0, 0.1) is 0 Å². The van der Waals surface area contributed by atoms with Crippen LogP contribution in [-0.4, -0.2) is 92.7 Å². The van der Waals surface area contributed by atoms with E-state index in [0.717, 1.165) is 0 Å². The Labute approximate surface area is 238 Å². The highest BCUT2D eigenvalue weighted by atomic mass is 31.2. The molecule has 0 radical (unpaired) electrons. The molecule has 0 amide bonds. The Bertz CT molecular complexity index is 1210. The van der Waals surface area contributed by atoms with Gasteiger partial charge in [-0.2, -0.15) is 0 Å². The van der Waals surface area contributed by atoms with Gasteiger partial charge in [-0.15, -0.1) is 0 Å². The maximum absolute atomic E-state index is 12.3. The summed E-state index contributed by atoms with van der Waals surface area (Å²) in [6.07, 6.45) is -0.518. The molecule has 14 nitrogen and oxygen atoms in total. The Hall–Kier alpha value is -1.90. The Morgan fingerprint density at radius 2 is 1.15 bits per heavy atom. The van der Waals surface area contributed by atoms with Crippen LogP contribution in [0.2, 0.25) is 0 Å². The number of hydrogen-bond donors (Lipinski definition) is 10. The van der Waals surface area contributed by atoms with Crippen molar-refractivity contribution in [1.29, 1.82) is 0 Å². The lowest BCUT2D eigenvalue weighted by atomic mass is 9.97. The Kier molecular flexibility index (Phi) is 13.8. The van der Waals surface area contributed by atoms with Crippen molar-refractivity contribution in [3.8, 4) is 11.5 Å². The van der Waals surface area contributed by atoms with Gasteiger partial charge >= 0.3 is 15.2 Å². The molecule has 0 aliphatic heterocycles. The van der Waals surface area contributed by atoms with E-state index in [-0.39, 0.29) is 55.4 Å². The van der Waals surface area contributed by atoms with E-state index >= 15 is 0 Å². The lowest BCUT2D eigenvalue weighted by Crippen LogP contribution is -2.53. The molecule has 2 rings (SSSR count). The molecule has 0 heterocycles. The number of benzene rings is 2. The fourth-order valence-electron chi connectivity index (χ4n) is 4.78. The number of aliphatic hydroxyl groups is 3. The standard InChI is InChI=1S/C25H41N3O11P2/c26-8-2-1-3-22(27(16-40(34,35)36)11-20-9-18(13-29)4-6-24(20)32)23(15-31)28(17-41(37,38)39)12-21-10-19(14-30)5-7-25(21)33/h4-7,9-10,22-23,29-33H,1-3,8,11-17,26H2,(H2,34,35,36)(H2,37,38,39). The first-order valence-electron chi connectivity index (χ1n) is 12.9. The first-order valence-corrected chi connectivity index (χ1v) is 16.5. The van der Waals surface area contributed by atoms with Crippen molar-refractivity contribution in [3.63, 3.8) is 0 Å². The molecule has 2 aromatic rings. The summed E-state index contributed by atoms with van der Waals surface area (Å²) in [6.45, 7) is -1.60. The van der Waals surface area contributed by atoms with Gasteiger partial charge in [0.1, 0.15) is 24.1 Å². The van der Waals surface area contributed by atoms with Gasteiger partial charge in [-0.05, 0) is 54.8 Å². The third kappa shape index (κ3) is 11.7. The lowest BCUT2D eigenvalue weighted by molar-refractivity contribution is 0.0381. The van der Waals surface area contributed by atoms with Gasteiger partial charge in [0, 0.05) is 36.3 Å². The average Bonchev–Trinajstić information content (AvgIpc) is 2.88. The summed E-state index contributed by atoms with van der Waals surface area (Å²) in [5, 5.41) is 50.6. The fraction of sp³-hybridized carbons (Fsp3) is 0.520. The van der Waals surface area contributed by atoms with Gasteiger partial charge in [-0.25, -0.2) is 0 Å². The topological polar surface area (TPSA) is 249 Å². The number of aromatic hydroxyl groups is 2. The Balaban J connectivity index is 2.64. The highest BCUT2D eigenvalue weighted by molar-refractivity contribution is 7.51. The SMILES string of the molecule is NCCCCC(C(CO)N(Cc1cc(CO)ccc1O)CP(=O)(O)O)N(Cc1cc(CO)ccc1O)CP(=O)(O)O. The molecule has 0 saturated carbocycles. The van der Waals surface area contributed by atoms with Crippen LogP contribution in [0.3, 0.4) is 0 Å². The normalized spacial score (nSPS) is 14.1. The van der Waals surface area contributed by atoms with Crippen molar-refractivity contribution in [3.05, 3.63) is 58.7 Å². The monoisotopic (exact) mass is 621 g/mol. The maximum atomic E-state index is 12.3. The van der Waals surface area contributed by atoms with Crippen molar-refractivity contribution in [2.24, 2.45) is 5.73 Å². The predicted octanol–water partition coefficient (Wildman–Crippen LogP) is 0.515. The fourth-order valence-corrected chi connectivity index (χ4v) is 6.35. The minimum Gasteiger partial charge on any atom is -0.508 e. The average molecular weight is 622 g/mol. The summed E-state index contributed by atoms with van der Waals surface area (Å²) in [5.41, 5.74) is 6.97. The summed E-state index contributed by atoms with van der Waals surface area (Å²) in [7, 11) is -9.51. The second kappa shape index (κ2) is 16.1. The number of rotatable bonds is 18. The van der Waals surface area contributed by atoms with Crippen LogP contribution in [0.15, 0.2) is 36.4 Å². The van der Waals surface area contributed by atoms with Gasteiger partial charge in [0.2, 0.25) is 0 Å². The van der Waals surface area contributed by atoms with Gasteiger partial charge in [-0.3, -0.25) is 18.9 Å². The molecule has 2 atom stereocenters. The Morgan fingerprint density at radius 3 is 1.51 bits per heavy atom. The van der Waals surface area contributed by atoms with Gasteiger partial charge in [-0.1, -0.05) is 18.6 Å². The zero-order chi connectivity index (χ0) is 30.8. The number of nitrogens with zero attached hydrogens (tertiary/aromatic N) is 2. The largest absolute Gasteiger partial charge is 0.508 e. The molecule has 0 bridgehead atoms. The molecule has 0 saturated heterocycles. The van der Waals surface area contributed by atoms with E-state index in [4.69, 9.17) is 5.73 Å². The molecule has 0 fully saturated rings. The number of aliphatic hydroxyl groups excluding tert-OH is 3. The molecule has 16 heteroatoms. The van der Waals surface area contributed by atoms with E-state index in [9.17, 15) is 54.2 Å². The minimum atomic E-state index is -4.76. The van der Waals surface area contributed by atoms with E-state index in [0.29, 0.717) is 30.5 Å².